The standard InChI is InChI=1S/2C7H11.2C6H11N.8C5H12.2C3H6.2C3H4.5CH4.2CH.2K.2H2N.4U.4V.4W.4Y.2H/c2*1-5-6-7(2,3)4;2*1-5-7-6(2,3)4;8*1-5(2,3)4;4*1-3-2;;;;;;;;;;;;;;;;;;;;;;;;;;;;;/h4*1H2,2-4H3;8*1-4H3;2*1-3H2;2*1,3H,2H2;5*1H4;2*1H;;;2*1H2;;;;;;;;;;;;;;;;;;/q2*-1;2*-2;;;;;;;;;4*-2;;;;;;2*-1;2*+1;2*-1;;;2*+2;;;;;;;;;;;;;2*-1. The Morgan fingerprint density at radius 2 is 0.374 bits per heavy atom. The third kappa shape index (κ3) is 846. The molecule has 107 heavy (non-hydrogen) atoms. The molecule has 0 rings (SSSR count). The molecule has 0 saturated carbocycles. The summed E-state index contributed by atoms with van der Waals surface area (Å²) in [5, 5.41) is 17.4. The van der Waals surface area contributed by atoms with Crippen molar-refractivity contribution in [2.75, 3.05) is 0 Å². The molecule has 0 aromatic carbocycles. The van der Waals surface area contributed by atoms with Crippen LogP contribution in [0.5, 0.6) is 0 Å². The first kappa shape index (κ1) is 236. The molecule has 0 aliphatic rings. The molecule has 0 heterocycles. The zero-order valence-corrected chi connectivity index (χ0v) is 128. The van der Waals surface area contributed by atoms with E-state index in [1.807, 2.05) is 34.0 Å². The van der Waals surface area contributed by atoms with Gasteiger partial charge in [0.1, 0.15) is 0 Å². The molecule has 0 aliphatic carbocycles. The predicted molar refractivity (Wildman–Crippen MR) is 455 cm³/mol. The maximum absolute atomic E-state index is 4.61. The van der Waals surface area contributed by atoms with Crippen LogP contribution in [-0.4, -0.2) is 45.8 Å². The van der Waals surface area contributed by atoms with Gasteiger partial charge in [0.2, 0.25) is 0 Å². The molecule has 0 unspecified atom stereocenters. The van der Waals surface area contributed by atoms with Crippen LogP contribution in [0.4, 0.5) is 0 Å². The van der Waals surface area contributed by atoms with Crippen LogP contribution in [0.15, 0.2) is 12.2 Å². The number of nitrogens with two attached hydrogens (primary N) is 2. The largest absolute Gasteiger partial charge is 2.00 e. The number of hydrogen-bond donors (Lipinski definition) is 0. The van der Waals surface area contributed by atoms with E-state index in [1.54, 1.807) is 0 Å². The summed E-state index contributed by atoms with van der Waals surface area (Å²) >= 11 is 14.5. The molecule has 636 valence electrons. The molecule has 0 aromatic heterocycles. The topological polar surface area (TPSA) is 95.2 Å². The molecule has 0 amide bonds. The van der Waals surface area contributed by atoms with Crippen LogP contribution in [0.1, 0.15) is 357 Å². The Kier molecular flexibility index (Phi) is 312. The molecule has 4 nitrogen and oxygen atoms in total. The molecule has 0 fully saturated rings. The summed E-state index contributed by atoms with van der Waals surface area (Å²) in [4.78, 5) is 0. The van der Waals surface area contributed by atoms with Crippen LogP contribution in [0.3, 0.4) is 0 Å². The first-order valence-electron chi connectivity index (χ1n) is 30.6. The van der Waals surface area contributed by atoms with E-state index in [9.17, 15) is 0 Å². The summed E-state index contributed by atoms with van der Waals surface area (Å²) in [5.41, 5.74) is 4.72. The average molecular weight is 3590 g/mol. The summed E-state index contributed by atoms with van der Waals surface area (Å²) in [6.45, 7) is 140. The van der Waals surface area contributed by atoms with Crippen molar-refractivity contribution in [2.24, 2.45) is 54.1 Å². The zero-order chi connectivity index (χ0) is 79.7. The Bertz CT molecular complexity index is 1400. The smallest absolute Gasteiger partial charge is 1.00 e. The van der Waals surface area contributed by atoms with Crippen LogP contribution >= 0.6 is 0 Å². The molecule has 0 bridgehead atoms. The van der Waals surface area contributed by atoms with E-state index in [0.29, 0.717) is 54.1 Å². The van der Waals surface area contributed by atoms with Gasteiger partial charge in [-0.1, -0.05) is 259 Å². The van der Waals surface area contributed by atoms with Crippen molar-refractivity contribution in [1.29, 1.82) is 0 Å². The molecule has 0 spiro atoms. The SMILES string of the molecule is C.C.C.C.C.CC(C)(C)C.CC(C)(C)C.CC(C)(C)C.CC(C)(C)C.CC(C)(C)C.CC(C)(C)C.CC(C)(C)C.CC(C)(C)C.[CH-]=C[CH2-].[CH-]=C[CH2-].[CH-]=[V].[CH-]=[V].[CH2-]C[CH2-].[CH2-]C[CH2-].[CH2-][C](=[W])[C](=[V])C(C)(C)C.[CH2-][C](=[W])[C](=[V])C(C)(C)C.[CH2-][C](=[W])[N-]C(C)(C)C.[CH2-][C](=[W])[N-]C(C)(C)C.[H-].[H-].[K+].[K+].[NH2-].[NH2-].[U+2].[U+2].[U].[U].[Y].[Y].[Y].[Y]. The molecule has 0 atom stereocenters. The third-order valence-electron chi connectivity index (χ3n) is 2.87. The van der Waals surface area contributed by atoms with Crippen LogP contribution < -0.4 is 103 Å². The molecular weight excluding hydrogens is 3400 g/mol. The first-order chi connectivity index (χ1) is 38.2. The van der Waals surface area contributed by atoms with Gasteiger partial charge in [-0.15, -0.1) is 0 Å². The number of rotatable bonds is 4. The summed E-state index contributed by atoms with van der Waals surface area (Å²) in [6.07, 6.45) is 4.00. The monoisotopic (exact) mass is 3590 g/mol. The Labute approximate surface area is 1050 Å². The van der Waals surface area contributed by atoms with Gasteiger partial charge < -0.3 is 94.8 Å². The van der Waals surface area contributed by atoms with E-state index in [0.717, 1.165) is 20.9 Å². The molecule has 4 N–H and O–H groups in total. The van der Waals surface area contributed by atoms with E-state index >= 15 is 0 Å². The van der Waals surface area contributed by atoms with Crippen molar-refractivity contribution in [3.8, 4) is 0 Å². The van der Waals surface area contributed by atoms with Gasteiger partial charge in [-0.3, -0.25) is 0 Å². The molecule has 0 saturated heterocycles. The average Bonchev–Trinajstić information content (AvgIpc) is 3.13. The normalized spacial score (nSPS) is 8.67. The third-order valence-corrected chi connectivity index (χ3v) is 9.84. The Morgan fingerprint density at radius 1 is 0.318 bits per heavy atom. The van der Waals surface area contributed by atoms with Crippen molar-refractivity contribution in [3.63, 3.8) is 0 Å². The van der Waals surface area contributed by atoms with Gasteiger partial charge in [0.05, 0.1) is 0 Å². The van der Waals surface area contributed by atoms with Gasteiger partial charge in [0.25, 0.3) is 0 Å². The van der Waals surface area contributed by atoms with Gasteiger partial charge in [-0.05, 0) is 43.3 Å². The molecule has 22 heteroatoms. The number of nitrogens with zero attached hydrogens (tertiary/aromatic N) is 2. The minimum atomic E-state index is 0. The summed E-state index contributed by atoms with van der Waals surface area (Å²) in [6, 6.07) is 0. The van der Waals surface area contributed by atoms with E-state index in [4.69, 9.17) is 0 Å². The zero-order valence-electron chi connectivity index (χ0n) is 78.7. The van der Waals surface area contributed by atoms with Gasteiger partial charge in [-0.2, -0.15) is 0 Å². The Balaban J connectivity index is -0.0000000144. The summed E-state index contributed by atoms with van der Waals surface area (Å²) < 4.78 is 7.20. The second-order valence-corrected chi connectivity index (χ2v) is 44.9. The minimum Gasteiger partial charge on any atom is -1.00 e. The molecular formula is C85H188K2N4U4V4W4Y4-14. The maximum Gasteiger partial charge on any atom is 2.00 e. The van der Waals surface area contributed by atoms with E-state index < -0.39 is 0 Å². The fraction of sp³-hybridized carbons (Fsp3) is 0.741. The van der Waals surface area contributed by atoms with Crippen LogP contribution in [0, 0.1) is 261 Å². The maximum atomic E-state index is 4.61. The fourth-order valence-electron chi connectivity index (χ4n) is 1.58. The van der Waals surface area contributed by atoms with Gasteiger partial charge in [0, 0.05) is 193 Å². The van der Waals surface area contributed by atoms with E-state index in [-0.39, 0.29) is 421 Å². The molecule has 0 aromatic rings. The molecule has 0 aliphatic heterocycles. The summed E-state index contributed by atoms with van der Waals surface area (Å²) in [5.74, 6) is 0. The Hall–Kier alpha value is 15.0. The predicted octanol–water partition coefficient (Wildman–Crippen LogP) is 24.6. The van der Waals surface area contributed by atoms with Crippen molar-refractivity contribution < 1.29 is 506 Å². The van der Waals surface area contributed by atoms with Crippen molar-refractivity contribution >= 4 is 34.8 Å². The first-order valence-corrected chi connectivity index (χ1v) is 39.4. The van der Waals surface area contributed by atoms with Gasteiger partial charge in [0.15, 0.2) is 0 Å². The van der Waals surface area contributed by atoms with E-state index in [2.05, 4.69) is 442 Å². The van der Waals surface area contributed by atoms with Gasteiger partial charge >= 0.3 is 488 Å². The summed E-state index contributed by atoms with van der Waals surface area (Å²) in [7, 11) is 0. The van der Waals surface area contributed by atoms with Crippen LogP contribution in [0.25, 0.3) is 22.9 Å². The quantitative estimate of drug-likeness (QED) is 0.198. The second kappa shape index (κ2) is 141. The van der Waals surface area contributed by atoms with E-state index in [1.165, 1.54) is 106 Å². The van der Waals surface area contributed by atoms with Crippen molar-refractivity contribution in [1.82, 2.24) is 0 Å². The number of hydrogen-bond acceptors (Lipinski definition) is 0. The molecule has 4 radical (unpaired) electrons. The minimum absolute atomic E-state index is 0. The Morgan fingerprint density at radius 3 is 0.374 bits per heavy atom. The van der Waals surface area contributed by atoms with Crippen molar-refractivity contribution in [3.05, 3.63) is 117 Å². The van der Waals surface area contributed by atoms with Gasteiger partial charge in [-0.25, -0.2) is 0 Å². The van der Waals surface area contributed by atoms with Crippen LogP contribution in [-0.2, 0) is 276 Å². The van der Waals surface area contributed by atoms with Crippen molar-refractivity contribution in [2.45, 2.75) is 366 Å². The second-order valence-electron chi connectivity index (χ2n) is 36.6. The number of allylic oxidation sites excluding steroid dienone is 2. The van der Waals surface area contributed by atoms with Crippen LogP contribution in [0.2, 0.25) is 0 Å². The fourth-order valence-corrected chi connectivity index (χ4v) is 5.75.